The molecular weight excluding hydrogens is 402 g/mol. The predicted octanol–water partition coefficient (Wildman–Crippen LogP) is 6.52. The molecule has 1 aromatic carbocycles. The average molecular weight is 420 g/mol. The van der Waals surface area contributed by atoms with Gasteiger partial charge in [-0.25, -0.2) is 15.0 Å². The summed E-state index contributed by atoms with van der Waals surface area (Å²) in [6.07, 6.45) is 11.5. The topological polar surface area (TPSA) is 63.6 Å². The van der Waals surface area contributed by atoms with Gasteiger partial charge in [-0.05, 0) is 49.8 Å². The molecule has 144 valence electrons. The third-order valence-electron chi connectivity index (χ3n) is 4.25. The Morgan fingerprint density at radius 3 is 2.79 bits per heavy atom. The van der Waals surface area contributed by atoms with Gasteiger partial charge in [0.15, 0.2) is 11.0 Å². The van der Waals surface area contributed by atoms with Gasteiger partial charge in [0.25, 0.3) is 0 Å². The fraction of sp³-hybridized carbons (Fsp3) is 0.0909. The van der Waals surface area contributed by atoms with Crippen LogP contribution in [0.2, 0.25) is 5.02 Å². The second kappa shape index (κ2) is 8.51. The Morgan fingerprint density at radius 2 is 2.03 bits per heavy atom. The van der Waals surface area contributed by atoms with Crippen molar-refractivity contribution in [2.45, 2.75) is 13.8 Å². The summed E-state index contributed by atoms with van der Waals surface area (Å²) in [6.45, 7) is 4.02. The minimum atomic E-state index is 0.593. The lowest BCUT2D eigenvalue weighted by atomic mass is 10.2. The molecule has 7 heteroatoms. The fourth-order valence-corrected chi connectivity index (χ4v) is 3.93. The lowest BCUT2D eigenvalue weighted by Crippen LogP contribution is -1.99. The molecule has 0 aliphatic rings. The molecule has 4 rings (SSSR count). The van der Waals surface area contributed by atoms with E-state index in [2.05, 4.69) is 32.4 Å². The fourth-order valence-electron chi connectivity index (χ4n) is 2.89. The van der Waals surface area contributed by atoms with E-state index < -0.39 is 0 Å². The van der Waals surface area contributed by atoms with Gasteiger partial charge >= 0.3 is 0 Å². The summed E-state index contributed by atoms with van der Waals surface area (Å²) in [5, 5.41) is 5.56. The van der Waals surface area contributed by atoms with Crippen molar-refractivity contribution in [2.24, 2.45) is 0 Å². The Hall–Kier alpha value is -3.09. The van der Waals surface area contributed by atoms with Crippen molar-refractivity contribution in [2.75, 3.05) is 5.32 Å². The zero-order valence-electron chi connectivity index (χ0n) is 15.9. The van der Waals surface area contributed by atoms with Crippen LogP contribution in [0.25, 0.3) is 27.9 Å². The molecule has 0 aliphatic heterocycles. The molecule has 0 radical (unpaired) electrons. The van der Waals surface area contributed by atoms with Gasteiger partial charge in [-0.2, -0.15) is 0 Å². The van der Waals surface area contributed by atoms with E-state index in [9.17, 15) is 0 Å². The molecular formula is C22H18ClN5S. The lowest BCUT2D eigenvalue weighted by molar-refractivity contribution is 1.20. The molecule has 0 unspecified atom stereocenters. The summed E-state index contributed by atoms with van der Waals surface area (Å²) in [4.78, 5) is 19.2. The van der Waals surface area contributed by atoms with E-state index in [0.717, 1.165) is 32.0 Å². The minimum Gasteiger partial charge on any atom is -0.316 e. The van der Waals surface area contributed by atoms with Crippen LogP contribution in [-0.4, -0.2) is 19.9 Å². The molecule has 0 fully saturated rings. The molecule has 3 aromatic heterocycles. The molecule has 29 heavy (non-hydrogen) atoms. The SMILES string of the molecule is C/C=C\C(=C/C)c1cnc(Nc2nc(-c3cccnc3)nc3ccc(Cl)cc23)s1. The molecule has 1 N–H and O–H groups in total. The number of hydrogen-bond acceptors (Lipinski definition) is 6. The number of fused-ring (bicyclic) bond motifs is 1. The highest BCUT2D eigenvalue weighted by molar-refractivity contribution is 7.16. The summed E-state index contributed by atoms with van der Waals surface area (Å²) in [7, 11) is 0. The Morgan fingerprint density at radius 1 is 1.14 bits per heavy atom. The number of hydrogen-bond donors (Lipinski definition) is 1. The van der Waals surface area contributed by atoms with Gasteiger partial charge in [-0.3, -0.25) is 4.98 Å². The van der Waals surface area contributed by atoms with E-state index in [4.69, 9.17) is 16.6 Å². The van der Waals surface area contributed by atoms with Crippen molar-refractivity contribution in [3.63, 3.8) is 0 Å². The molecule has 5 nitrogen and oxygen atoms in total. The predicted molar refractivity (Wildman–Crippen MR) is 122 cm³/mol. The number of thiazole rings is 1. The van der Waals surface area contributed by atoms with Gasteiger partial charge in [0.2, 0.25) is 0 Å². The highest BCUT2D eigenvalue weighted by atomic mass is 35.5. The molecule has 0 saturated heterocycles. The second-order valence-corrected chi connectivity index (χ2v) is 7.66. The zero-order chi connectivity index (χ0) is 20.2. The van der Waals surface area contributed by atoms with Crippen LogP contribution < -0.4 is 5.32 Å². The van der Waals surface area contributed by atoms with Crippen molar-refractivity contribution in [3.05, 3.63) is 77.1 Å². The number of rotatable bonds is 5. The Labute approximate surface area is 177 Å². The highest BCUT2D eigenvalue weighted by Gasteiger charge is 2.13. The standard InChI is InChI=1S/C22H18ClN5S/c1-3-6-14(4-2)19-13-25-22(29-19)28-21-17-11-16(23)8-9-18(17)26-20(27-21)15-7-5-10-24-12-15/h3-13H,1-2H3,(H,25,26,27,28)/b6-3-,14-4+. The van der Waals surface area contributed by atoms with E-state index in [-0.39, 0.29) is 0 Å². The van der Waals surface area contributed by atoms with Crippen molar-refractivity contribution in [3.8, 4) is 11.4 Å². The second-order valence-electron chi connectivity index (χ2n) is 6.20. The largest absolute Gasteiger partial charge is 0.316 e. The smallest absolute Gasteiger partial charge is 0.188 e. The number of allylic oxidation sites excluding steroid dienone is 4. The number of aromatic nitrogens is 4. The van der Waals surface area contributed by atoms with Gasteiger partial charge < -0.3 is 5.32 Å². The van der Waals surface area contributed by atoms with Crippen molar-refractivity contribution in [1.82, 2.24) is 19.9 Å². The summed E-state index contributed by atoms with van der Waals surface area (Å²) < 4.78 is 0. The van der Waals surface area contributed by atoms with Crippen LogP contribution >= 0.6 is 22.9 Å². The number of nitrogens with one attached hydrogen (secondary N) is 1. The first-order chi connectivity index (χ1) is 14.2. The zero-order valence-corrected chi connectivity index (χ0v) is 17.5. The molecule has 0 saturated carbocycles. The maximum atomic E-state index is 6.23. The van der Waals surface area contributed by atoms with E-state index >= 15 is 0 Å². The summed E-state index contributed by atoms with van der Waals surface area (Å²) in [5.41, 5.74) is 2.77. The van der Waals surface area contributed by atoms with Crippen molar-refractivity contribution >= 4 is 50.4 Å². The van der Waals surface area contributed by atoms with Gasteiger partial charge in [-0.15, -0.1) is 0 Å². The highest BCUT2D eigenvalue weighted by Crippen LogP contribution is 2.32. The van der Waals surface area contributed by atoms with Crippen LogP contribution in [0.3, 0.4) is 0 Å². The van der Waals surface area contributed by atoms with E-state index in [1.807, 2.05) is 56.5 Å². The molecule has 0 spiro atoms. The van der Waals surface area contributed by atoms with Gasteiger partial charge in [0.05, 0.1) is 10.4 Å². The van der Waals surface area contributed by atoms with Gasteiger partial charge in [0, 0.05) is 34.6 Å². The normalized spacial score (nSPS) is 12.0. The Balaban J connectivity index is 1.78. The Kier molecular flexibility index (Phi) is 5.64. The number of benzene rings is 1. The van der Waals surface area contributed by atoms with Gasteiger partial charge in [-0.1, -0.05) is 41.2 Å². The van der Waals surface area contributed by atoms with E-state index in [0.29, 0.717) is 16.7 Å². The van der Waals surface area contributed by atoms with Crippen molar-refractivity contribution < 1.29 is 0 Å². The quantitative estimate of drug-likeness (QED) is 0.373. The van der Waals surface area contributed by atoms with E-state index in [1.54, 1.807) is 23.7 Å². The van der Waals surface area contributed by atoms with Crippen LogP contribution in [0.15, 0.2) is 67.2 Å². The summed E-state index contributed by atoms with van der Waals surface area (Å²) >= 11 is 7.80. The number of pyridine rings is 1. The van der Waals surface area contributed by atoms with Crippen LogP contribution in [0.1, 0.15) is 18.7 Å². The minimum absolute atomic E-state index is 0.593. The van der Waals surface area contributed by atoms with Gasteiger partial charge in [0.1, 0.15) is 5.82 Å². The van der Waals surface area contributed by atoms with Crippen LogP contribution in [0.5, 0.6) is 0 Å². The molecule has 4 aromatic rings. The lowest BCUT2D eigenvalue weighted by Gasteiger charge is -2.09. The number of anilines is 2. The van der Waals surface area contributed by atoms with E-state index in [1.165, 1.54) is 0 Å². The van der Waals surface area contributed by atoms with Crippen molar-refractivity contribution in [1.29, 1.82) is 0 Å². The molecule has 3 heterocycles. The third-order valence-corrected chi connectivity index (χ3v) is 5.45. The van der Waals surface area contributed by atoms with Crippen LogP contribution in [0.4, 0.5) is 10.9 Å². The Bertz CT molecular complexity index is 1210. The number of nitrogens with zero attached hydrogens (tertiary/aromatic N) is 4. The maximum Gasteiger partial charge on any atom is 0.188 e. The average Bonchev–Trinajstić information content (AvgIpc) is 3.21. The first-order valence-electron chi connectivity index (χ1n) is 9.08. The van der Waals surface area contributed by atoms with Crippen LogP contribution in [0, 0.1) is 0 Å². The molecule has 0 bridgehead atoms. The first-order valence-corrected chi connectivity index (χ1v) is 10.3. The summed E-state index contributed by atoms with van der Waals surface area (Å²) in [6, 6.07) is 9.37. The monoisotopic (exact) mass is 419 g/mol. The third kappa shape index (κ3) is 4.18. The molecule has 0 aliphatic carbocycles. The first kappa shape index (κ1) is 19.2. The van der Waals surface area contributed by atoms with Crippen LogP contribution in [-0.2, 0) is 0 Å². The molecule has 0 atom stereocenters. The molecule has 0 amide bonds. The number of halogens is 1. The maximum absolute atomic E-state index is 6.23. The summed E-state index contributed by atoms with van der Waals surface area (Å²) in [5.74, 6) is 1.25.